The molecule has 1 aliphatic rings. The van der Waals surface area contributed by atoms with Crippen LogP contribution in [0.5, 0.6) is 0 Å². The summed E-state index contributed by atoms with van der Waals surface area (Å²) in [6, 6.07) is 30.7. The molecule has 3 nitrogen and oxygen atoms in total. The number of cyclic esters (lactones) is 1. The molecule has 0 spiro atoms. The average Bonchev–Trinajstić information content (AvgIpc) is 3.03. The first kappa shape index (κ1) is 19.4. The Balaban J connectivity index is 1.81. The van der Waals surface area contributed by atoms with Crippen LogP contribution in [0.1, 0.15) is 30.5 Å². The van der Waals surface area contributed by atoms with E-state index in [1.807, 2.05) is 61.5 Å². The molecular weight excluding hydrogens is 360 g/mol. The first-order chi connectivity index (χ1) is 14.1. The molecule has 0 bridgehead atoms. The van der Waals surface area contributed by atoms with E-state index >= 15 is 0 Å². The molecule has 0 radical (unpaired) electrons. The van der Waals surface area contributed by atoms with Crippen molar-refractivity contribution in [2.75, 3.05) is 6.61 Å². The Bertz CT molecular complexity index is 841. The molecule has 29 heavy (non-hydrogen) atoms. The zero-order valence-electron chi connectivity index (χ0n) is 16.8. The molecule has 0 unspecified atom stereocenters. The van der Waals surface area contributed by atoms with Gasteiger partial charge in [0.05, 0.1) is 12.5 Å². The van der Waals surface area contributed by atoms with Gasteiger partial charge in [0.25, 0.3) is 0 Å². The minimum Gasteiger partial charge on any atom is -0.459 e. The van der Waals surface area contributed by atoms with Gasteiger partial charge in [-0.25, -0.2) is 0 Å². The SMILES string of the molecule is C[C@@H]1[C@@H](COC(c2ccccc2)(c2ccccc2)c2ccccc2)OC(=O)[C@@H]1C. The van der Waals surface area contributed by atoms with E-state index in [2.05, 4.69) is 43.3 Å². The molecule has 1 fully saturated rings. The minimum absolute atomic E-state index is 0.108. The van der Waals surface area contributed by atoms with Gasteiger partial charge in [0, 0.05) is 5.92 Å². The lowest BCUT2D eigenvalue weighted by molar-refractivity contribution is -0.147. The highest BCUT2D eigenvalue weighted by molar-refractivity contribution is 5.74. The summed E-state index contributed by atoms with van der Waals surface area (Å²) in [4.78, 5) is 12.1. The van der Waals surface area contributed by atoms with Gasteiger partial charge in [-0.05, 0) is 16.7 Å². The van der Waals surface area contributed by atoms with Crippen LogP contribution in [-0.2, 0) is 19.9 Å². The normalized spacial score (nSPS) is 21.7. The lowest BCUT2D eigenvalue weighted by Gasteiger charge is -2.37. The Kier molecular flexibility index (Phi) is 5.50. The number of rotatable bonds is 6. The average molecular weight is 386 g/mol. The summed E-state index contributed by atoms with van der Waals surface area (Å²) < 4.78 is 12.4. The molecule has 3 atom stereocenters. The third-order valence-electron chi connectivity index (χ3n) is 6.02. The maximum Gasteiger partial charge on any atom is 0.309 e. The summed E-state index contributed by atoms with van der Waals surface area (Å²) in [5, 5.41) is 0. The van der Waals surface area contributed by atoms with Gasteiger partial charge in [-0.15, -0.1) is 0 Å². The highest BCUT2D eigenvalue weighted by Crippen LogP contribution is 2.41. The van der Waals surface area contributed by atoms with E-state index in [1.165, 1.54) is 0 Å². The monoisotopic (exact) mass is 386 g/mol. The first-order valence-electron chi connectivity index (χ1n) is 10.1. The summed E-state index contributed by atoms with van der Waals surface area (Å²) in [6.45, 7) is 4.31. The highest BCUT2D eigenvalue weighted by atomic mass is 16.6. The number of hydrogen-bond acceptors (Lipinski definition) is 3. The van der Waals surface area contributed by atoms with Crippen molar-refractivity contribution in [1.29, 1.82) is 0 Å². The topological polar surface area (TPSA) is 35.5 Å². The number of carbonyl (C=O) groups is 1. The van der Waals surface area contributed by atoms with Crippen LogP contribution in [0.15, 0.2) is 91.0 Å². The van der Waals surface area contributed by atoms with Crippen LogP contribution in [0.4, 0.5) is 0 Å². The third-order valence-corrected chi connectivity index (χ3v) is 6.02. The van der Waals surface area contributed by atoms with Crippen LogP contribution >= 0.6 is 0 Å². The molecule has 1 saturated heterocycles. The van der Waals surface area contributed by atoms with Crippen molar-refractivity contribution in [1.82, 2.24) is 0 Å². The maximum absolute atomic E-state index is 12.1. The zero-order chi connectivity index (χ0) is 20.3. The molecule has 4 rings (SSSR count). The molecule has 3 aromatic rings. The number of esters is 1. The molecule has 0 aliphatic carbocycles. The Morgan fingerprint density at radius 3 is 1.52 bits per heavy atom. The second-order valence-electron chi connectivity index (χ2n) is 7.71. The van der Waals surface area contributed by atoms with Crippen molar-refractivity contribution in [3.8, 4) is 0 Å². The fraction of sp³-hybridized carbons (Fsp3) is 0.269. The molecule has 1 heterocycles. The summed E-state index contributed by atoms with van der Waals surface area (Å²) in [5.41, 5.74) is 2.34. The van der Waals surface area contributed by atoms with Gasteiger partial charge < -0.3 is 9.47 Å². The number of carbonyl (C=O) groups excluding carboxylic acids is 1. The maximum atomic E-state index is 12.1. The van der Waals surface area contributed by atoms with Gasteiger partial charge in [0.15, 0.2) is 0 Å². The van der Waals surface area contributed by atoms with Gasteiger partial charge in [-0.1, -0.05) is 105 Å². The van der Waals surface area contributed by atoms with E-state index in [-0.39, 0.29) is 23.9 Å². The Hall–Kier alpha value is -2.91. The molecular formula is C26H26O3. The standard InChI is InChI=1S/C26H26O3/c1-19-20(2)25(27)29-24(19)18-28-26(21-12-6-3-7-13-21,22-14-8-4-9-15-22)23-16-10-5-11-17-23/h3-17,19-20,24H,18H2,1-2H3/t19-,20+,24+/m0/s1. The first-order valence-corrected chi connectivity index (χ1v) is 10.1. The fourth-order valence-corrected chi connectivity index (χ4v) is 4.06. The van der Waals surface area contributed by atoms with E-state index in [4.69, 9.17) is 9.47 Å². The number of benzene rings is 3. The van der Waals surface area contributed by atoms with E-state index in [0.717, 1.165) is 16.7 Å². The lowest BCUT2D eigenvalue weighted by Crippen LogP contribution is -2.36. The van der Waals surface area contributed by atoms with E-state index < -0.39 is 5.60 Å². The second kappa shape index (κ2) is 8.22. The van der Waals surface area contributed by atoms with E-state index in [9.17, 15) is 4.79 Å². The summed E-state index contributed by atoms with van der Waals surface area (Å²) >= 11 is 0. The Morgan fingerprint density at radius 1 is 0.759 bits per heavy atom. The van der Waals surface area contributed by atoms with Gasteiger partial charge in [-0.3, -0.25) is 4.79 Å². The van der Waals surface area contributed by atoms with Crippen molar-refractivity contribution in [3.63, 3.8) is 0 Å². The summed E-state index contributed by atoms with van der Waals surface area (Å²) in [7, 11) is 0. The summed E-state index contributed by atoms with van der Waals surface area (Å²) in [6.07, 6.45) is -0.256. The molecule has 0 N–H and O–H groups in total. The molecule has 1 aliphatic heterocycles. The smallest absolute Gasteiger partial charge is 0.309 e. The van der Waals surface area contributed by atoms with Crippen molar-refractivity contribution in [2.45, 2.75) is 25.6 Å². The molecule has 0 saturated carbocycles. The molecule has 3 aromatic carbocycles. The van der Waals surface area contributed by atoms with Crippen molar-refractivity contribution >= 4 is 5.97 Å². The van der Waals surface area contributed by atoms with Crippen LogP contribution in [-0.4, -0.2) is 18.7 Å². The predicted molar refractivity (Wildman–Crippen MR) is 113 cm³/mol. The van der Waals surface area contributed by atoms with Gasteiger partial charge in [-0.2, -0.15) is 0 Å². The van der Waals surface area contributed by atoms with Crippen LogP contribution in [0.2, 0.25) is 0 Å². The molecule has 3 heteroatoms. The van der Waals surface area contributed by atoms with Crippen molar-refractivity contribution < 1.29 is 14.3 Å². The van der Waals surface area contributed by atoms with Crippen molar-refractivity contribution in [3.05, 3.63) is 108 Å². The van der Waals surface area contributed by atoms with Gasteiger partial charge >= 0.3 is 5.97 Å². The van der Waals surface area contributed by atoms with Gasteiger partial charge in [0.1, 0.15) is 11.7 Å². The lowest BCUT2D eigenvalue weighted by atomic mass is 9.80. The predicted octanol–water partition coefficient (Wildman–Crippen LogP) is 5.19. The molecule has 0 aromatic heterocycles. The third kappa shape index (κ3) is 3.58. The number of ether oxygens (including phenoxy) is 2. The Labute approximate surface area is 172 Å². The zero-order valence-corrected chi connectivity index (χ0v) is 16.8. The second-order valence-corrected chi connectivity index (χ2v) is 7.71. The van der Waals surface area contributed by atoms with Crippen LogP contribution < -0.4 is 0 Å². The summed E-state index contributed by atoms with van der Waals surface area (Å²) in [5.74, 6) is -0.137. The highest BCUT2D eigenvalue weighted by Gasteiger charge is 2.43. The van der Waals surface area contributed by atoms with E-state index in [0.29, 0.717) is 6.61 Å². The van der Waals surface area contributed by atoms with Crippen molar-refractivity contribution in [2.24, 2.45) is 11.8 Å². The van der Waals surface area contributed by atoms with E-state index in [1.54, 1.807) is 0 Å². The molecule has 148 valence electrons. The van der Waals surface area contributed by atoms with Crippen LogP contribution in [0.25, 0.3) is 0 Å². The van der Waals surface area contributed by atoms with Crippen LogP contribution in [0, 0.1) is 11.8 Å². The number of hydrogen-bond donors (Lipinski definition) is 0. The Morgan fingerprint density at radius 2 is 1.17 bits per heavy atom. The minimum atomic E-state index is -0.790. The largest absolute Gasteiger partial charge is 0.459 e. The van der Waals surface area contributed by atoms with Crippen LogP contribution in [0.3, 0.4) is 0 Å². The fourth-order valence-electron chi connectivity index (χ4n) is 4.06. The quantitative estimate of drug-likeness (QED) is 0.432. The van der Waals surface area contributed by atoms with Gasteiger partial charge in [0.2, 0.25) is 0 Å². The molecule has 0 amide bonds.